The Morgan fingerprint density at radius 2 is 1.58 bits per heavy atom. The van der Waals surface area contributed by atoms with Crippen LogP contribution in [0, 0.1) is 11.3 Å². The van der Waals surface area contributed by atoms with Crippen molar-refractivity contribution in [3.8, 4) is 6.07 Å². The van der Waals surface area contributed by atoms with Crippen molar-refractivity contribution in [2.45, 2.75) is 21.6 Å². The molecule has 106 valence electrons. The van der Waals surface area contributed by atoms with E-state index in [1.807, 2.05) is 0 Å². The fraction of sp³-hybridized carbons (Fsp3) is 0.500. The molecule has 11 heteroatoms. The highest BCUT2D eigenvalue weighted by atomic mass is 32.2. The van der Waals surface area contributed by atoms with E-state index in [0.29, 0.717) is 23.3 Å². The summed E-state index contributed by atoms with van der Waals surface area (Å²) in [6.07, 6.45) is -8.85. The number of halogens is 6. The molecule has 1 heterocycles. The summed E-state index contributed by atoms with van der Waals surface area (Å²) in [6, 6.07) is 1.59. The van der Waals surface area contributed by atoms with Gasteiger partial charge in [-0.15, -0.1) is 11.8 Å². The second-order valence-corrected chi connectivity index (χ2v) is 6.05. The molecule has 1 rings (SSSR count). The van der Waals surface area contributed by atoms with Gasteiger partial charge in [0.25, 0.3) is 0 Å². The van der Waals surface area contributed by atoms with Gasteiger partial charge in [0.05, 0.1) is 15.7 Å². The molecule has 0 aliphatic heterocycles. The van der Waals surface area contributed by atoms with Gasteiger partial charge in [0.15, 0.2) is 0 Å². The molecule has 1 aromatic heterocycles. The van der Waals surface area contributed by atoms with Gasteiger partial charge in [-0.05, 0) is 11.5 Å². The molecule has 0 N–H and O–H groups in total. The maximum atomic E-state index is 12.0. The van der Waals surface area contributed by atoms with Crippen molar-refractivity contribution in [3.05, 3.63) is 5.56 Å². The van der Waals surface area contributed by atoms with Gasteiger partial charge in [0.2, 0.25) is 0 Å². The molecule has 0 amide bonds. The lowest BCUT2D eigenvalue weighted by Crippen LogP contribution is -2.11. The highest BCUT2D eigenvalue weighted by Gasteiger charge is 2.31. The van der Waals surface area contributed by atoms with Crippen LogP contribution in [0.3, 0.4) is 0 Å². The molecule has 0 aromatic carbocycles. The normalized spacial score (nSPS) is 12.5. The average Bonchev–Trinajstić information content (AvgIpc) is 2.63. The van der Waals surface area contributed by atoms with Gasteiger partial charge in [-0.1, -0.05) is 11.8 Å². The summed E-state index contributed by atoms with van der Waals surface area (Å²) >= 11 is 1.23. The van der Waals surface area contributed by atoms with Crippen LogP contribution in [0.25, 0.3) is 0 Å². The van der Waals surface area contributed by atoms with Crippen LogP contribution in [0.5, 0.6) is 0 Å². The molecular weight excluding hydrogens is 334 g/mol. The minimum Gasteiger partial charge on any atom is -0.192 e. The fourth-order valence-corrected chi connectivity index (χ4v) is 3.47. The Kier molecular flexibility index (Phi) is 5.40. The molecule has 0 aliphatic carbocycles. The molecule has 1 aromatic rings. The molecule has 0 unspecified atom stereocenters. The van der Waals surface area contributed by atoms with Gasteiger partial charge in [-0.25, -0.2) is 0 Å². The van der Waals surface area contributed by atoms with E-state index >= 15 is 0 Å². The second-order valence-electron chi connectivity index (χ2n) is 3.07. The number of nitriles is 1. The summed E-state index contributed by atoms with van der Waals surface area (Å²) in [5.41, 5.74) is -0.228. The molecule has 0 atom stereocenters. The Bertz CT molecular complexity index is 437. The number of aromatic nitrogens is 1. The van der Waals surface area contributed by atoms with Gasteiger partial charge < -0.3 is 0 Å². The highest BCUT2D eigenvalue weighted by molar-refractivity contribution is 8.01. The van der Waals surface area contributed by atoms with E-state index in [4.69, 9.17) is 5.26 Å². The lowest BCUT2D eigenvalue weighted by molar-refractivity contribution is -0.106. The van der Waals surface area contributed by atoms with E-state index in [1.165, 1.54) is 0 Å². The molecule has 0 aliphatic rings. The lowest BCUT2D eigenvalue weighted by atomic mass is 10.4. The van der Waals surface area contributed by atoms with Crippen molar-refractivity contribution < 1.29 is 26.3 Å². The van der Waals surface area contributed by atoms with Crippen LogP contribution in [0.1, 0.15) is 5.56 Å². The van der Waals surface area contributed by atoms with E-state index in [2.05, 4.69) is 4.37 Å². The van der Waals surface area contributed by atoms with Crippen LogP contribution in [-0.4, -0.2) is 28.2 Å². The van der Waals surface area contributed by atoms with Crippen molar-refractivity contribution in [1.82, 2.24) is 4.37 Å². The first kappa shape index (κ1) is 16.5. The van der Waals surface area contributed by atoms with Gasteiger partial charge in [-0.3, -0.25) is 0 Å². The van der Waals surface area contributed by atoms with Crippen LogP contribution in [-0.2, 0) is 0 Å². The first-order chi connectivity index (χ1) is 8.62. The third-order valence-corrected chi connectivity index (χ3v) is 4.80. The highest BCUT2D eigenvalue weighted by Crippen LogP contribution is 2.38. The summed E-state index contributed by atoms with van der Waals surface area (Å²) in [4.78, 5) is 0. The first-order valence-electron chi connectivity index (χ1n) is 4.41. The maximum absolute atomic E-state index is 12.0. The summed E-state index contributed by atoms with van der Waals surface area (Å²) in [5.74, 6) is -2.46. The van der Waals surface area contributed by atoms with Crippen LogP contribution in [0.4, 0.5) is 26.3 Å². The Balaban J connectivity index is 2.76. The number of alkyl halides is 6. The van der Waals surface area contributed by atoms with Gasteiger partial charge in [0.1, 0.15) is 16.7 Å². The molecular formula is C8H4F6N2S3. The summed E-state index contributed by atoms with van der Waals surface area (Å²) in [5, 5.41) is 8.59. The van der Waals surface area contributed by atoms with Crippen molar-refractivity contribution in [1.29, 1.82) is 5.26 Å². The zero-order chi connectivity index (χ0) is 14.7. The van der Waals surface area contributed by atoms with Gasteiger partial charge in [0, 0.05) is 0 Å². The van der Waals surface area contributed by atoms with E-state index in [9.17, 15) is 26.3 Å². The molecule has 0 spiro atoms. The van der Waals surface area contributed by atoms with Crippen molar-refractivity contribution >= 4 is 35.1 Å². The SMILES string of the molecule is N#Cc1c(SCC(F)(F)F)nsc1SCC(F)(F)F. The number of thioether (sulfide) groups is 2. The van der Waals surface area contributed by atoms with Crippen molar-refractivity contribution in [3.63, 3.8) is 0 Å². The maximum Gasteiger partial charge on any atom is 0.398 e. The van der Waals surface area contributed by atoms with Crippen LogP contribution < -0.4 is 0 Å². The van der Waals surface area contributed by atoms with E-state index in [1.54, 1.807) is 6.07 Å². The second kappa shape index (κ2) is 6.23. The summed E-state index contributed by atoms with van der Waals surface area (Å²) in [7, 11) is 0. The van der Waals surface area contributed by atoms with Crippen LogP contribution in [0.2, 0.25) is 0 Å². The number of hydrogen-bond donors (Lipinski definition) is 0. The number of rotatable bonds is 4. The molecule has 2 nitrogen and oxygen atoms in total. The smallest absolute Gasteiger partial charge is 0.192 e. The molecule has 0 saturated heterocycles. The standard InChI is InChI=1S/C8H4F6N2S3/c9-7(10,11)2-17-5-4(1-15)6(19-16-5)18-3-8(12,13)14/h2-3H2. The summed E-state index contributed by atoms with van der Waals surface area (Å²) in [6.45, 7) is 0. The Labute approximate surface area is 116 Å². The molecule has 0 saturated carbocycles. The van der Waals surface area contributed by atoms with Crippen molar-refractivity contribution in [2.75, 3.05) is 11.5 Å². The lowest BCUT2D eigenvalue weighted by Gasteiger charge is -2.04. The zero-order valence-electron chi connectivity index (χ0n) is 8.80. The Morgan fingerprint density at radius 3 is 2.05 bits per heavy atom. The Hall–Kier alpha value is -0.600. The molecule has 19 heavy (non-hydrogen) atoms. The van der Waals surface area contributed by atoms with Crippen LogP contribution in [0.15, 0.2) is 9.24 Å². The molecule has 0 radical (unpaired) electrons. The summed E-state index contributed by atoms with van der Waals surface area (Å²) < 4.78 is 75.6. The van der Waals surface area contributed by atoms with Crippen molar-refractivity contribution in [2.24, 2.45) is 0 Å². The molecule has 0 fully saturated rings. The predicted octanol–water partition coefficient (Wildman–Crippen LogP) is 4.32. The Morgan fingerprint density at radius 1 is 1.05 bits per heavy atom. The minimum absolute atomic E-state index is 0.0236. The third kappa shape index (κ3) is 5.92. The third-order valence-electron chi connectivity index (χ3n) is 1.48. The topological polar surface area (TPSA) is 36.7 Å². The number of nitrogens with zero attached hydrogens (tertiary/aromatic N) is 2. The van der Waals surface area contributed by atoms with E-state index < -0.39 is 23.9 Å². The first-order valence-corrected chi connectivity index (χ1v) is 7.16. The van der Waals surface area contributed by atoms with Gasteiger partial charge >= 0.3 is 12.4 Å². The van der Waals surface area contributed by atoms with E-state index in [-0.39, 0.29) is 26.6 Å². The van der Waals surface area contributed by atoms with Gasteiger partial charge in [-0.2, -0.15) is 36.0 Å². The number of hydrogen-bond acceptors (Lipinski definition) is 5. The molecule has 0 bridgehead atoms. The minimum atomic E-state index is -4.43. The zero-order valence-corrected chi connectivity index (χ0v) is 11.3. The van der Waals surface area contributed by atoms with Crippen LogP contribution >= 0.6 is 35.1 Å². The monoisotopic (exact) mass is 338 g/mol. The predicted molar refractivity (Wildman–Crippen MR) is 60.4 cm³/mol. The fourth-order valence-electron chi connectivity index (χ4n) is 0.850. The quantitative estimate of drug-likeness (QED) is 0.605. The van der Waals surface area contributed by atoms with E-state index in [0.717, 1.165) is 0 Å². The largest absolute Gasteiger partial charge is 0.398 e. The average molecular weight is 338 g/mol.